The minimum absolute atomic E-state index is 0.0798. The Morgan fingerprint density at radius 2 is 1.96 bits per heavy atom. The summed E-state index contributed by atoms with van der Waals surface area (Å²) >= 11 is 3.52. The number of hydrogen-bond donors (Lipinski definition) is 2. The molecule has 0 atom stereocenters. The summed E-state index contributed by atoms with van der Waals surface area (Å²) in [4.78, 5) is 4.31. The molecule has 2 N–H and O–H groups in total. The van der Waals surface area contributed by atoms with Crippen molar-refractivity contribution in [1.29, 1.82) is 0 Å². The minimum Gasteiger partial charge on any atom is -0.381 e. The van der Waals surface area contributed by atoms with E-state index in [1.54, 1.807) is 7.05 Å². The van der Waals surface area contributed by atoms with Crippen LogP contribution in [0, 0.1) is 0 Å². The molecular formula is C18H28BrN3O2. The zero-order valence-electron chi connectivity index (χ0n) is 14.6. The minimum atomic E-state index is 0.0798. The molecule has 0 radical (unpaired) electrons. The summed E-state index contributed by atoms with van der Waals surface area (Å²) in [6.45, 7) is 6.61. The van der Waals surface area contributed by atoms with Crippen LogP contribution >= 0.6 is 15.9 Å². The average molecular weight is 398 g/mol. The maximum absolute atomic E-state index is 5.60. The molecule has 0 aromatic heterocycles. The summed E-state index contributed by atoms with van der Waals surface area (Å²) in [5.41, 5.74) is 1.43. The molecule has 0 unspecified atom stereocenters. The first kappa shape index (κ1) is 19.2. The van der Waals surface area contributed by atoms with Crippen LogP contribution in [0.15, 0.2) is 33.7 Å². The van der Waals surface area contributed by atoms with Gasteiger partial charge in [-0.05, 0) is 37.5 Å². The highest BCUT2D eigenvalue weighted by atomic mass is 79.9. The summed E-state index contributed by atoms with van der Waals surface area (Å²) < 4.78 is 12.1. The Bertz CT molecular complexity index is 514. The van der Waals surface area contributed by atoms with Crippen LogP contribution in [0.4, 0.5) is 0 Å². The third kappa shape index (κ3) is 5.46. The van der Waals surface area contributed by atoms with Gasteiger partial charge in [0.25, 0.3) is 0 Å². The predicted molar refractivity (Wildman–Crippen MR) is 102 cm³/mol. The van der Waals surface area contributed by atoms with E-state index < -0.39 is 0 Å². The van der Waals surface area contributed by atoms with Gasteiger partial charge in [0.1, 0.15) is 0 Å². The van der Waals surface area contributed by atoms with E-state index in [4.69, 9.17) is 9.47 Å². The molecule has 24 heavy (non-hydrogen) atoms. The highest BCUT2D eigenvalue weighted by Crippen LogP contribution is 2.34. The molecule has 0 bridgehead atoms. The zero-order chi connectivity index (χ0) is 17.3. The van der Waals surface area contributed by atoms with E-state index in [0.29, 0.717) is 6.61 Å². The lowest BCUT2D eigenvalue weighted by Gasteiger charge is -2.38. The first-order valence-electron chi connectivity index (χ1n) is 8.56. The van der Waals surface area contributed by atoms with Gasteiger partial charge in [0.05, 0.1) is 6.61 Å². The van der Waals surface area contributed by atoms with Gasteiger partial charge in [-0.15, -0.1) is 0 Å². The monoisotopic (exact) mass is 397 g/mol. The van der Waals surface area contributed by atoms with E-state index in [-0.39, 0.29) is 5.41 Å². The Morgan fingerprint density at radius 1 is 1.25 bits per heavy atom. The molecule has 134 valence electrons. The van der Waals surface area contributed by atoms with E-state index >= 15 is 0 Å². The van der Waals surface area contributed by atoms with Crippen molar-refractivity contribution in [2.24, 2.45) is 4.99 Å². The number of hydrogen-bond acceptors (Lipinski definition) is 3. The van der Waals surface area contributed by atoms with Crippen molar-refractivity contribution in [2.75, 3.05) is 46.6 Å². The van der Waals surface area contributed by atoms with Gasteiger partial charge in [-0.2, -0.15) is 0 Å². The van der Waals surface area contributed by atoms with Crippen LogP contribution < -0.4 is 10.6 Å². The quantitative estimate of drug-likeness (QED) is 0.421. The van der Waals surface area contributed by atoms with Crippen molar-refractivity contribution >= 4 is 21.9 Å². The lowest BCUT2D eigenvalue weighted by molar-refractivity contribution is 0.0513. The molecule has 5 nitrogen and oxygen atoms in total. The molecular weight excluding hydrogens is 370 g/mol. The summed E-state index contributed by atoms with van der Waals surface area (Å²) in [5, 5.41) is 6.78. The summed E-state index contributed by atoms with van der Waals surface area (Å²) in [7, 11) is 1.80. The lowest BCUT2D eigenvalue weighted by Crippen LogP contribution is -2.48. The Hall–Kier alpha value is -1.11. The van der Waals surface area contributed by atoms with E-state index in [1.165, 1.54) is 5.56 Å². The van der Waals surface area contributed by atoms with Gasteiger partial charge in [0.15, 0.2) is 5.96 Å². The second-order valence-corrected chi connectivity index (χ2v) is 6.86. The molecule has 1 aromatic carbocycles. The molecule has 1 aliphatic rings. The number of aliphatic imine (C=N–C) groups is 1. The third-order valence-corrected chi connectivity index (χ3v) is 5.00. The maximum Gasteiger partial charge on any atom is 0.191 e. The van der Waals surface area contributed by atoms with Crippen LogP contribution in [0.2, 0.25) is 0 Å². The lowest BCUT2D eigenvalue weighted by atomic mass is 9.74. The van der Waals surface area contributed by atoms with Crippen molar-refractivity contribution in [3.8, 4) is 0 Å². The predicted octanol–water partition coefficient (Wildman–Crippen LogP) is 2.70. The molecule has 1 heterocycles. The number of nitrogens with one attached hydrogen (secondary N) is 2. The first-order valence-corrected chi connectivity index (χ1v) is 9.35. The Balaban J connectivity index is 1.99. The van der Waals surface area contributed by atoms with E-state index in [2.05, 4.69) is 55.8 Å². The number of nitrogens with zero attached hydrogens (tertiary/aromatic N) is 1. The molecule has 2 rings (SSSR count). The van der Waals surface area contributed by atoms with E-state index in [0.717, 1.165) is 56.2 Å². The Labute approximate surface area is 153 Å². The van der Waals surface area contributed by atoms with Crippen LogP contribution in [-0.4, -0.2) is 52.5 Å². The summed E-state index contributed by atoms with van der Waals surface area (Å²) in [6.07, 6.45) is 2.02. The fourth-order valence-electron chi connectivity index (χ4n) is 2.99. The van der Waals surface area contributed by atoms with Gasteiger partial charge in [-0.1, -0.05) is 28.1 Å². The van der Waals surface area contributed by atoms with Crippen LogP contribution in [0.1, 0.15) is 25.3 Å². The SMILES string of the molecule is CCOCCNC(=NC)NCC1(c2ccc(Br)cc2)CCOCC1. The second-order valence-electron chi connectivity index (χ2n) is 5.95. The first-order chi connectivity index (χ1) is 11.7. The number of ether oxygens (including phenoxy) is 2. The maximum atomic E-state index is 5.60. The topological polar surface area (TPSA) is 54.9 Å². The third-order valence-electron chi connectivity index (χ3n) is 4.47. The average Bonchev–Trinajstić information content (AvgIpc) is 2.62. The summed E-state index contributed by atoms with van der Waals surface area (Å²) in [6, 6.07) is 8.65. The molecule has 1 aromatic rings. The van der Waals surface area contributed by atoms with Crippen molar-refractivity contribution in [3.05, 3.63) is 34.3 Å². The fourth-order valence-corrected chi connectivity index (χ4v) is 3.26. The number of guanidine groups is 1. The van der Waals surface area contributed by atoms with Crippen molar-refractivity contribution in [1.82, 2.24) is 10.6 Å². The van der Waals surface area contributed by atoms with Gasteiger partial charge in [-0.3, -0.25) is 4.99 Å². The van der Waals surface area contributed by atoms with E-state index in [1.807, 2.05) is 6.92 Å². The molecule has 6 heteroatoms. The normalized spacial score (nSPS) is 17.5. The Morgan fingerprint density at radius 3 is 2.58 bits per heavy atom. The van der Waals surface area contributed by atoms with Gasteiger partial charge in [0, 0.05) is 49.8 Å². The number of halogens is 1. The second kappa shape index (κ2) is 10.0. The fraction of sp³-hybridized carbons (Fsp3) is 0.611. The van der Waals surface area contributed by atoms with Gasteiger partial charge >= 0.3 is 0 Å². The van der Waals surface area contributed by atoms with Crippen LogP contribution in [0.3, 0.4) is 0 Å². The van der Waals surface area contributed by atoms with Crippen LogP contribution in [-0.2, 0) is 14.9 Å². The summed E-state index contributed by atoms with van der Waals surface area (Å²) in [5.74, 6) is 0.817. The highest BCUT2D eigenvalue weighted by Gasteiger charge is 2.34. The smallest absolute Gasteiger partial charge is 0.191 e. The molecule has 0 spiro atoms. The number of benzene rings is 1. The molecule has 1 saturated heterocycles. The van der Waals surface area contributed by atoms with Gasteiger partial charge in [-0.25, -0.2) is 0 Å². The molecule has 1 aliphatic heterocycles. The van der Waals surface area contributed by atoms with Gasteiger partial charge < -0.3 is 20.1 Å². The van der Waals surface area contributed by atoms with Crippen LogP contribution in [0.5, 0.6) is 0 Å². The van der Waals surface area contributed by atoms with Crippen molar-refractivity contribution < 1.29 is 9.47 Å². The number of rotatable bonds is 7. The van der Waals surface area contributed by atoms with Gasteiger partial charge in [0.2, 0.25) is 0 Å². The molecule has 0 saturated carbocycles. The van der Waals surface area contributed by atoms with E-state index in [9.17, 15) is 0 Å². The van der Waals surface area contributed by atoms with Crippen molar-refractivity contribution in [3.63, 3.8) is 0 Å². The molecule has 1 fully saturated rings. The largest absolute Gasteiger partial charge is 0.381 e. The molecule has 0 amide bonds. The molecule has 0 aliphatic carbocycles. The van der Waals surface area contributed by atoms with Crippen molar-refractivity contribution in [2.45, 2.75) is 25.2 Å². The standard InChI is InChI=1S/C18H28BrN3O2/c1-3-23-13-10-21-17(20-2)22-14-18(8-11-24-12-9-18)15-4-6-16(19)7-5-15/h4-7H,3,8-14H2,1-2H3,(H2,20,21,22). The highest BCUT2D eigenvalue weighted by molar-refractivity contribution is 9.10. The van der Waals surface area contributed by atoms with Crippen LogP contribution in [0.25, 0.3) is 0 Å². The Kier molecular flexibility index (Phi) is 8.02. The zero-order valence-corrected chi connectivity index (χ0v) is 16.2.